The van der Waals surface area contributed by atoms with Crippen LogP contribution in [0.1, 0.15) is 43.0 Å². The predicted octanol–water partition coefficient (Wildman–Crippen LogP) is 9.25. The van der Waals surface area contributed by atoms with Gasteiger partial charge in [-0.25, -0.2) is 13.6 Å². The molecule has 4 atom stereocenters. The third kappa shape index (κ3) is 11.9. The average Bonchev–Trinajstić information content (AvgIpc) is 3.17. The van der Waals surface area contributed by atoms with Gasteiger partial charge in [0, 0.05) is 25.2 Å². The van der Waals surface area contributed by atoms with Gasteiger partial charge in [-0.15, -0.1) is 0 Å². The van der Waals surface area contributed by atoms with Crippen molar-refractivity contribution in [2.24, 2.45) is 0 Å². The number of halogens is 2. The summed E-state index contributed by atoms with van der Waals surface area (Å²) in [6.07, 6.45) is -1.47. The van der Waals surface area contributed by atoms with Gasteiger partial charge in [0.15, 0.2) is 0 Å². The van der Waals surface area contributed by atoms with Crippen molar-refractivity contribution in [1.82, 2.24) is 9.80 Å². The third-order valence-corrected chi connectivity index (χ3v) is 9.45. The third-order valence-electron chi connectivity index (χ3n) is 9.45. The van der Waals surface area contributed by atoms with Crippen molar-refractivity contribution in [1.29, 1.82) is 0 Å². The van der Waals surface area contributed by atoms with Gasteiger partial charge in [-0.1, -0.05) is 109 Å². The first-order valence-electron chi connectivity index (χ1n) is 18.8. The van der Waals surface area contributed by atoms with Crippen molar-refractivity contribution >= 4 is 6.09 Å². The minimum absolute atomic E-state index is 0.111. The van der Waals surface area contributed by atoms with Crippen LogP contribution in [-0.4, -0.2) is 65.5 Å². The molecule has 2 unspecified atom stereocenters. The molecule has 0 N–H and O–H groups in total. The van der Waals surface area contributed by atoms with Gasteiger partial charge in [0.2, 0.25) is 0 Å². The number of rotatable bonds is 15. The quantitative estimate of drug-likeness (QED) is 0.106. The molecule has 0 radical (unpaired) electrons. The average molecular weight is 749 g/mol. The molecule has 0 saturated carbocycles. The van der Waals surface area contributed by atoms with E-state index in [1.54, 1.807) is 4.90 Å². The van der Waals surface area contributed by atoms with Crippen molar-refractivity contribution in [3.63, 3.8) is 0 Å². The molecule has 0 bridgehead atoms. The number of amides is 1. The van der Waals surface area contributed by atoms with Crippen molar-refractivity contribution in [3.8, 4) is 5.75 Å². The lowest BCUT2D eigenvalue weighted by Crippen LogP contribution is -2.63. The molecule has 1 heterocycles. The smallest absolute Gasteiger partial charge is 0.410 e. The van der Waals surface area contributed by atoms with Crippen LogP contribution in [0.15, 0.2) is 140 Å². The van der Waals surface area contributed by atoms with Crippen LogP contribution in [0.2, 0.25) is 0 Å². The molecule has 0 spiro atoms. The van der Waals surface area contributed by atoms with Gasteiger partial charge >= 0.3 is 6.09 Å². The minimum Gasteiger partial charge on any atom is -0.491 e. The van der Waals surface area contributed by atoms with Gasteiger partial charge < -0.3 is 18.9 Å². The molecule has 7 nitrogen and oxygen atoms in total. The van der Waals surface area contributed by atoms with Crippen LogP contribution in [-0.2, 0) is 40.3 Å². The van der Waals surface area contributed by atoms with Gasteiger partial charge in [-0.05, 0) is 73.7 Å². The number of para-hydroxylation sites is 1. The molecule has 9 heteroatoms. The van der Waals surface area contributed by atoms with Gasteiger partial charge in [-0.2, -0.15) is 0 Å². The highest BCUT2D eigenvalue weighted by molar-refractivity contribution is 5.69. The Labute approximate surface area is 323 Å². The highest BCUT2D eigenvalue weighted by atomic mass is 19.1. The van der Waals surface area contributed by atoms with E-state index in [9.17, 15) is 13.6 Å². The van der Waals surface area contributed by atoms with E-state index in [0.717, 1.165) is 22.8 Å². The summed E-state index contributed by atoms with van der Waals surface area (Å²) in [4.78, 5) is 18.3. The topological polar surface area (TPSA) is 60.5 Å². The first-order valence-corrected chi connectivity index (χ1v) is 18.8. The van der Waals surface area contributed by atoms with Crippen LogP contribution >= 0.6 is 0 Å². The molecule has 5 aromatic carbocycles. The van der Waals surface area contributed by atoms with Gasteiger partial charge in [-0.3, -0.25) is 9.80 Å². The molecular weight excluding hydrogens is 699 g/mol. The number of hydrogen-bond donors (Lipinski definition) is 0. The van der Waals surface area contributed by atoms with Crippen molar-refractivity contribution < 1.29 is 32.5 Å². The van der Waals surface area contributed by atoms with Crippen LogP contribution in [0.4, 0.5) is 13.6 Å². The zero-order valence-electron chi connectivity index (χ0n) is 31.7. The summed E-state index contributed by atoms with van der Waals surface area (Å²) in [7, 11) is 0. The number of hydrogen-bond acceptors (Lipinski definition) is 6. The second-order valence-electron chi connectivity index (χ2n) is 15.0. The molecular formula is C46H50F2N2O5. The number of ether oxygens (including phenoxy) is 4. The Bertz CT molecular complexity index is 1850. The second-order valence-corrected chi connectivity index (χ2v) is 15.0. The summed E-state index contributed by atoms with van der Waals surface area (Å²) in [5, 5.41) is 0. The number of benzene rings is 5. The largest absolute Gasteiger partial charge is 0.491 e. The molecule has 0 aromatic heterocycles. The molecule has 55 heavy (non-hydrogen) atoms. The van der Waals surface area contributed by atoms with E-state index in [4.69, 9.17) is 18.9 Å². The second kappa shape index (κ2) is 19.0. The van der Waals surface area contributed by atoms with E-state index in [-0.39, 0.29) is 32.8 Å². The fraction of sp³-hybridized carbons (Fsp3) is 0.326. The van der Waals surface area contributed by atoms with Crippen molar-refractivity contribution in [3.05, 3.63) is 173 Å². The maximum absolute atomic E-state index is 14.9. The molecule has 1 fully saturated rings. The van der Waals surface area contributed by atoms with E-state index in [2.05, 4.69) is 29.2 Å². The first-order chi connectivity index (χ1) is 26.6. The normalized spacial score (nSPS) is 17.1. The fourth-order valence-corrected chi connectivity index (χ4v) is 6.94. The molecule has 6 rings (SSSR count). The highest BCUT2D eigenvalue weighted by Crippen LogP contribution is 2.30. The summed E-state index contributed by atoms with van der Waals surface area (Å²) >= 11 is 0. The van der Waals surface area contributed by atoms with E-state index >= 15 is 0 Å². The van der Waals surface area contributed by atoms with Gasteiger partial charge in [0.25, 0.3) is 0 Å². The molecule has 1 saturated heterocycles. The highest BCUT2D eigenvalue weighted by Gasteiger charge is 2.44. The maximum atomic E-state index is 14.9. The molecule has 288 valence electrons. The Hall–Kier alpha value is -5.09. The first kappa shape index (κ1) is 39.6. The molecule has 5 aromatic rings. The maximum Gasteiger partial charge on any atom is 0.410 e. The van der Waals surface area contributed by atoms with E-state index in [1.165, 1.54) is 12.1 Å². The Balaban J connectivity index is 1.43. The number of nitrogens with zero attached hydrogens (tertiary/aromatic N) is 2. The summed E-state index contributed by atoms with van der Waals surface area (Å²) < 4.78 is 55.4. The minimum atomic E-state index is -0.776. The number of morpholine rings is 1. The van der Waals surface area contributed by atoms with Crippen LogP contribution < -0.4 is 4.74 Å². The monoisotopic (exact) mass is 748 g/mol. The van der Waals surface area contributed by atoms with Crippen molar-refractivity contribution in [2.75, 3.05) is 19.8 Å². The summed E-state index contributed by atoms with van der Waals surface area (Å²) in [6, 6.07) is 41.9. The van der Waals surface area contributed by atoms with Gasteiger partial charge in [0.1, 0.15) is 35.7 Å². The van der Waals surface area contributed by atoms with E-state index < -0.39 is 47.6 Å². The lowest BCUT2D eigenvalue weighted by Gasteiger charge is -2.47. The Morgan fingerprint density at radius 1 is 0.764 bits per heavy atom. The SMILES string of the molecule is CC(C)(C)OC(=O)N1C[C@@H](COc2ccccc2)OCC1[C@H](OCc1ccccc1)C(Cc1cc(F)cc(F)c1)N(Cc1ccccc1)Cc1ccccc1. The van der Waals surface area contributed by atoms with Crippen LogP contribution in [0.5, 0.6) is 5.75 Å². The van der Waals surface area contributed by atoms with Crippen LogP contribution in [0, 0.1) is 11.6 Å². The fourth-order valence-electron chi connectivity index (χ4n) is 6.94. The number of carbonyl (C=O) groups excluding carboxylic acids is 1. The zero-order valence-corrected chi connectivity index (χ0v) is 31.7. The summed E-state index contributed by atoms with van der Waals surface area (Å²) in [5.41, 5.74) is 2.74. The number of carbonyl (C=O) groups is 1. The Morgan fingerprint density at radius 3 is 1.84 bits per heavy atom. The van der Waals surface area contributed by atoms with E-state index in [0.29, 0.717) is 24.4 Å². The Morgan fingerprint density at radius 2 is 1.29 bits per heavy atom. The zero-order chi connectivity index (χ0) is 38.6. The molecule has 0 aliphatic carbocycles. The van der Waals surface area contributed by atoms with E-state index in [1.807, 2.05) is 118 Å². The van der Waals surface area contributed by atoms with Crippen LogP contribution in [0.25, 0.3) is 0 Å². The molecule has 1 aliphatic rings. The molecule has 1 amide bonds. The van der Waals surface area contributed by atoms with Crippen molar-refractivity contribution in [2.45, 2.75) is 76.8 Å². The Kier molecular flexibility index (Phi) is 13.7. The lowest BCUT2D eigenvalue weighted by molar-refractivity contribution is -0.140. The lowest BCUT2D eigenvalue weighted by atomic mass is 9.92. The summed E-state index contributed by atoms with van der Waals surface area (Å²) in [5.74, 6) is -0.627. The molecule has 1 aliphatic heterocycles. The summed E-state index contributed by atoms with van der Waals surface area (Å²) in [6.45, 7) is 7.23. The van der Waals surface area contributed by atoms with Crippen LogP contribution in [0.3, 0.4) is 0 Å². The van der Waals surface area contributed by atoms with Gasteiger partial charge in [0.05, 0.1) is 31.9 Å². The standard InChI is InChI=1S/C46H50F2N2O5/c1-46(2,3)55-45(51)50-30-41(32-52-40-22-14-7-15-23-40)53-33-43(50)44(54-31-36-20-12-6-13-21-36)42(26-37-24-38(47)27-39(48)25-37)49(28-34-16-8-4-9-17-34)29-35-18-10-5-11-19-35/h4-25,27,41-44H,26,28-33H2,1-3H3/t41-,42?,43?,44+/m0/s1. The predicted molar refractivity (Wildman–Crippen MR) is 209 cm³/mol.